The van der Waals surface area contributed by atoms with Crippen LogP contribution in [-0.4, -0.2) is 9.78 Å². The normalized spacial score (nSPS) is 11.1. The monoisotopic (exact) mass is 817 g/mol. The highest BCUT2D eigenvalue weighted by atomic mass is 15.3. The molecule has 302 valence electrons. The van der Waals surface area contributed by atoms with Crippen LogP contribution >= 0.6 is 0 Å². The summed E-state index contributed by atoms with van der Waals surface area (Å²) < 4.78 is 2.12. The Morgan fingerprint density at radius 2 is 0.734 bits per heavy atom. The quantitative estimate of drug-likeness (QED) is 0.137. The number of nitrogens with zero attached hydrogens (tertiary/aromatic N) is 3. The van der Waals surface area contributed by atoms with Crippen molar-refractivity contribution in [1.29, 1.82) is 0 Å². The summed E-state index contributed by atoms with van der Waals surface area (Å²) in [5, 5.41) is 7.84. The summed E-state index contributed by atoms with van der Waals surface area (Å²) in [7, 11) is 0. The molecule has 3 nitrogen and oxygen atoms in total. The lowest BCUT2D eigenvalue weighted by Crippen LogP contribution is -2.09. The first kappa shape index (κ1) is 38.4. The SMILES string of the molecule is c1ccc(-c2nn(-c3ccc(-c4ccccc4-c4ccccc4-c4ccc(N(c5ccccc5)c5ccc6ccccc6c5)cc4)cc3)c(-c3ccccc3)c2-c2ccccc2)cc1. The maximum Gasteiger partial charge on any atom is 0.101 e. The molecule has 0 N–H and O–H groups in total. The average Bonchev–Trinajstić information content (AvgIpc) is 3.79. The number of benzene rings is 10. The lowest BCUT2D eigenvalue weighted by molar-refractivity contribution is 0.892. The Hall–Kier alpha value is -8.53. The summed E-state index contributed by atoms with van der Waals surface area (Å²) in [5.74, 6) is 0. The van der Waals surface area contributed by atoms with Gasteiger partial charge in [0.15, 0.2) is 0 Å². The van der Waals surface area contributed by atoms with Gasteiger partial charge in [-0.25, -0.2) is 4.68 Å². The molecule has 0 fully saturated rings. The van der Waals surface area contributed by atoms with Gasteiger partial charge in [-0.05, 0) is 98.2 Å². The first-order chi connectivity index (χ1) is 31.8. The van der Waals surface area contributed by atoms with Crippen molar-refractivity contribution < 1.29 is 0 Å². The van der Waals surface area contributed by atoms with Crippen molar-refractivity contribution in [1.82, 2.24) is 9.78 Å². The fourth-order valence-corrected chi connectivity index (χ4v) is 9.00. The molecule has 1 heterocycles. The van der Waals surface area contributed by atoms with E-state index in [1.807, 2.05) is 0 Å². The molecule has 0 aliphatic carbocycles. The van der Waals surface area contributed by atoms with Gasteiger partial charge in [-0.1, -0.05) is 212 Å². The molecule has 0 spiro atoms. The van der Waals surface area contributed by atoms with E-state index in [1.54, 1.807) is 0 Å². The van der Waals surface area contributed by atoms with Crippen molar-refractivity contribution in [3.63, 3.8) is 0 Å². The molecule has 0 saturated heterocycles. The number of para-hydroxylation sites is 1. The molecule has 64 heavy (non-hydrogen) atoms. The van der Waals surface area contributed by atoms with E-state index in [0.717, 1.165) is 67.5 Å². The van der Waals surface area contributed by atoms with Crippen LogP contribution in [0.5, 0.6) is 0 Å². The first-order valence-corrected chi connectivity index (χ1v) is 21.8. The average molecular weight is 818 g/mol. The molecule has 0 atom stereocenters. The first-order valence-electron chi connectivity index (χ1n) is 21.8. The molecular formula is C61H43N3. The third-order valence-corrected chi connectivity index (χ3v) is 12.1. The van der Waals surface area contributed by atoms with E-state index in [2.05, 4.69) is 270 Å². The van der Waals surface area contributed by atoms with Crippen molar-refractivity contribution in [2.45, 2.75) is 0 Å². The van der Waals surface area contributed by atoms with Gasteiger partial charge in [-0.2, -0.15) is 5.10 Å². The predicted molar refractivity (Wildman–Crippen MR) is 268 cm³/mol. The van der Waals surface area contributed by atoms with Gasteiger partial charge in [0.05, 0.1) is 11.4 Å². The minimum atomic E-state index is 0.950. The third-order valence-electron chi connectivity index (χ3n) is 12.1. The van der Waals surface area contributed by atoms with Gasteiger partial charge in [0.2, 0.25) is 0 Å². The smallest absolute Gasteiger partial charge is 0.101 e. The minimum absolute atomic E-state index is 0.950. The molecule has 0 bridgehead atoms. The van der Waals surface area contributed by atoms with Crippen LogP contribution in [0.25, 0.3) is 83.5 Å². The zero-order valence-electron chi connectivity index (χ0n) is 35.2. The molecule has 3 heteroatoms. The molecule has 11 rings (SSSR count). The Morgan fingerprint density at radius 3 is 1.33 bits per heavy atom. The Bertz CT molecular complexity index is 3340. The van der Waals surface area contributed by atoms with Gasteiger partial charge >= 0.3 is 0 Å². The highest BCUT2D eigenvalue weighted by molar-refractivity contribution is 5.95. The van der Waals surface area contributed by atoms with Crippen LogP contribution in [-0.2, 0) is 0 Å². The van der Waals surface area contributed by atoms with E-state index >= 15 is 0 Å². The van der Waals surface area contributed by atoms with Crippen LogP contribution in [0.15, 0.2) is 261 Å². The number of aromatic nitrogens is 2. The molecule has 10 aromatic carbocycles. The van der Waals surface area contributed by atoms with E-state index in [-0.39, 0.29) is 0 Å². The largest absolute Gasteiger partial charge is 0.310 e. The number of fused-ring (bicyclic) bond motifs is 1. The second kappa shape index (κ2) is 17.1. The lowest BCUT2D eigenvalue weighted by Gasteiger charge is -2.26. The fraction of sp³-hybridized carbons (Fsp3) is 0. The maximum atomic E-state index is 5.39. The number of anilines is 3. The summed E-state index contributed by atoms with van der Waals surface area (Å²) in [4.78, 5) is 2.33. The Morgan fingerprint density at radius 1 is 0.297 bits per heavy atom. The summed E-state index contributed by atoms with van der Waals surface area (Å²) in [6.45, 7) is 0. The summed E-state index contributed by atoms with van der Waals surface area (Å²) >= 11 is 0. The zero-order valence-corrected chi connectivity index (χ0v) is 35.2. The Kier molecular flexibility index (Phi) is 10.3. The minimum Gasteiger partial charge on any atom is -0.310 e. The fourth-order valence-electron chi connectivity index (χ4n) is 9.00. The molecular weight excluding hydrogens is 775 g/mol. The zero-order chi connectivity index (χ0) is 42.7. The van der Waals surface area contributed by atoms with Crippen molar-refractivity contribution in [3.05, 3.63) is 261 Å². The van der Waals surface area contributed by atoms with Gasteiger partial charge in [0.25, 0.3) is 0 Å². The van der Waals surface area contributed by atoms with Crippen molar-refractivity contribution in [2.24, 2.45) is 0 Å². The van der Waals surface area contributed by atoms with Gasteiger partial charge < -0.3 is 4.90 Å². The predicted octanol–water partition coefficient (Wildman–Crippen LogP) is 16.5. The van der Waals surface area contributed by atoms with E-state index in [9.17, 15) is 0 Å². The van der Waals surface area contributed by atoms with Crippen molar-refractivity contribution in [2.75, 3.05) is 4.90 Å². The van der Waals surface area contributed by atoms with Gasteiger partial charge in [0, 0.05) is 33.8 Å². The number of hydrogen-bond acceptors (Lipinski definition) is 2. The van der Waals surface area contributed by atoms with Crippen LogP contribution < -0.4 is 4.90 Å². The van der Waals surface area contributed by atoms with Crippen LogP contribution in [0.4, 0.5) is 17.1 Å². The second-order valence-electron chi connectivity index (χ2n) is 16.0. The molecule has 0 aliphatic heterocycles. The van der Waals surface area contributed by atoms with Crippen molar-refractivity contribution >= 4 is 27.8 Å². The number of rotatable bonds is 10. The van der Waals surface area contributed by atoms with E-state index in [1.165, 1.54) is 33.0 Å². The molecule has 11 aromatic rings. The molecule has 0 saturated carbocycles. The van der Waals surface area contributed by atoms with Crippen LogP contribution in [0.1, 0.15) is 0 Å². The van der Waals surface area contributed by atoms with E-state index in [0.29, 0.717) is 0 Å². The van der Waals surface area contributed by atoms with Gasteiger partial charge in [-0.3, -0.25) is 0 Å². The van der Waals surface area contributed by atoms with E-state index < -0.39 is 0 Å². The molecule has 0 aliphatic rings. The third kappa shape index (κ3) is 7.36. The second-order valence-corrected chi connectivity index (χ2v) is 16.0. The summed E-state index contributed by atoms with van der Waals surface area (Å²) in [6.07, 6.45) is 0. The summed E-state index contributed by atoms with van der Waals surface area (Å²) in [5.41, 5.74) is 17.8. The Balaban J connectivity index is 0.968. The maximum absolute atomic E-state index is 5.39. The molecule has 0 amide bonds. The molecule has 0 unspecified atom stereocenters. The standard InChI is InChI=1S/C61H43N3/c1-5-20-47(21-6-1)59-60(48-22-7-2-8-23-48)62-64(61(59)49-24-9-3-10-25-49)53-40-36-46(37-41-53)56-30-16-18-32-58(56)57-31-17-15-29-55(57)45-34-38-52(39-35-45)63(51-27-11-4-12-28-51)54-42-33-44-19-13-14-26-50(44)43-54/h1-43H. The number of hydrogen-bond donors (Lipinski definition) is 0. The van der Waals surface area contributed by atoms with Crippen LogP contribution in [0, 0.1) is 0 Å². The lowest BCUT2D eigenvalue weighted by atomic mass is 9.89. The topological polar surface area (TPSA) is 21.1 Å². The molecule has 0 radical (unpaired) electrons. The van der Waals surface area contributed by atoms with Crippen LogP contribution in [0.3, 0.4) is 0 Å². The van der Waals surface area contributed by atoms with Gasteiger partial charge in [0.1, 0.15) is 5.69 Å². The molecule has 1 aromatic heterocycles. The van der Waals surface area contributed by atoms with E-state index in [4.69, 9.17) is 5.10 Å². The van der Waals surface area contributed by atoms with Crippen molar-refractivity contribution in [3.8, 4) is 72.7 Å². The van der Waals surface area contributed by atoms with Crippen LogP contribution in [0.2, 0.25) is 0 Å². The highest BCUT2D eigenvalue weighted by Crippen LogP contribution is 2.43. The summed E-state index contributed by atoms with van der Waals surface area (Å²) in [6, 6.07) is 92.9. The van der Waals surface area contributed by atoms with Gasteiger partial charge in [-0.15, -0.1) is 0 Å². The highest BCUT2D eigenvalue weighted by Gasteiger charge is 2.23. The Labute approximate surface area is 374 Å².